The minimum Gasteiger partial charge on any atom is -0.454 e. The van der Waals surface area contributed by atoms with Gasteiger partial charge in [-0.2, -0.15) is 0 Å². The van der Waals surface area contributed by atoms with Crippen LogP contribution in [0.4, 0.5) is 0 Å². The summed E-state index contributed by atoms with van der Waals surface area (Å²) in [5.74, 6) is 1.91. The van der Waals surface area contributed by atoms with Crippen LogP contribution in [0.15, 0.2) is 156 Å². The molecule has 9 rings (SSSR count). The number of aromatic nitrogens is 5. The van der Waals surface area contributed by atoms with Crippen LogP contribution in [0.5, 0.6) is 0 Å². The number of nitrogens with zero attached hydrogens (tertiary/aromatic N) is 5. The topological polar surface area (TPSA) is 77.6 Å². The zero-order valence-corrected chi connectivity index (χ0v) is 25.1. The third kappa shape index (κ3) is 4.89. The summed E-state index contributed by atoms with van der Waals surface area (Å²) in [5, 5.41) is 4.26. The van der Waals surface area contributed by atoms with Crippen LogP contribution in [0.3, 0.4) is 0 Å². The molecular weight excluding hydrogens is 578 g/mol. The Morgan fingerprint density at radius 2 is 1.00 bits per heavy atom. The van der Waals surface area contributed by atoms with Gasteiger partial charge in [0.25, 0.3) is 0 Å². The molecule has 0 fully saturated rings. The number of rotatable bonds is 5. The highest BCUT2D eigenvalue weighted by molar-refractivity contribution is 6.07. The average molecular weight is 604 g/mol. The van der Waals surface area contributed by atoms with Gasteiger partial charge in [-0.3, -0.25) is 9.97 Å². The van der Waals surface area contributed by atoms with Crippen LogP contribution in [0.2, 0.25) is 0 Å². The van der Waals surface area contributed by atoms with Crippen LogP contribution in [-0.2, 0) is 0 Å². The smallest absolute Gasteiger partial charge is 0.164 e. The fourth-order valence-corrected chi connectivity index (χ4v) is 6.06. The molecule has 220 valence electrons. The molecule has 0 saturated carbocycles. The van der Waals surface area contributed by atoms with Gasteiger partial charge in [0.15, 0.2) is 23.1 Å². The molecule has 0 unspecified atom stereocenters. The maximum atomic E-state index is 6.29. The van der Waals surface area contributed by atoms with E-state index in [4.69, 9.17) is 24.4 Å². The van der Waals surface area contributed by atoms with Gasteiger partial charge in [0, 0.05) is 39.0 Å². The van der Waals surface area contributed by atoms with Gasteiger partial charge in [-0.05, 0) is 40.8 Å². The quantitative estimate of drug-likeness (QED) is 0.195. The number of furan rings is 1. The van der Waals surface area contributed by atoms with E-state index in [9.17, 15) is 0 Å². The normalized spacial score (nSPS) is 11.4. The monoisotopic (exact) mass is 603 g/mol. The van der Waals surface area contributed by atoms with E-state index in [-0.39, 0.29) is 0 Å². The Bertz CT molecular complexity index is 2500. The van der Waals surface area contributed by atoms with Gasteiger partial charge in [0.1, 0.15) is 5.58 Å². The van der Waals surface area contributed by atoms with Gasteiger partial charge in [-0.1, -0.05) is 115 Å². The van der Waals surface area contributed by atoms with E-state index in [1.165, 1.54) is 0 Å². The molecule has 0 saturated heterocycles. The standard InChI is InChI=1S/C41H25N5O/c1-3-10-28(11-4-1)39-44-40(29-12-5-2-6-13-29)46-41(45-39)30-17-15-26(16-18-30)31-19-20-33-34-24-35(43-25-37(34)47-36(33)23-31)38-32-14-8-7-9-27(32)21-22-42-38/h1-25H. The predicted molar refractivity (Wildman–Crippen MR) is 187 cm³/mol. The maximum Gasteiger partial charge on any atom is 0.164 e. The van der Waals surface area contributed by atoms with Gasteiger partial charge in [-0.25, -0.2) is 15.0 Å². The predicted octanol–water partition coefficient (Wildman–Crippen LogP) is 10.0. The second kappa shape index (κ2) is 11.1. The number of pyridine rings is 2. The maximum absolute atomic E-state index is 6.29. The molecule has 0 atom stereocenters. The van der Waals surface area contributed by atoms with Gasteiger partial charge in [0.05, 0.1) is 17.6 Å². The number of hydrogen-bond acceptors (Lipinski definition) is 6. The van der Waals surface area contributed by atoms with Crippen molar-refractivity contribution in [3.05, 3.63) is 152 Å². The zero-order valence-electron chi connectivity index (χ0n) is 25.1. The van der Waals surface area contributed by atoms with Crippen LogP contribution >= 0.6 is 0 Å². The van der Waals surface area contributed by atoms with Crippen LogP contribution < -0.4 is 0 Å². The highest BCUT2D eigenvalue weighted by Gasteiger charge is 2.15. The van der Waals surface area contributed by atoms with Gasteiger partial charge >= 0.3 is 0 Å². The summed E-state index contributed by atoms with van der Waals surface area (Å²) < 4.78 is 6.29. The lowest BCUT2D eigenvalue weighted by molar-refractivity contribution is 0.667. The highest BCUT2D eigenvalue weighted by atomic mass is 16.3. The molecule has 9 aromatic rings. The highest BCUT2D eigenvalue weighted by Crippen LogP contribution is 2.35. The first-order valence-corrected chi connectivity index (χ1v) is 15.4. The first kappa shape index (κ1) is 26.8. The summed E-state index contributed by atoms with van der Waals surface area (Å²) in [6.45, 7) is 0. The molecule has 4 heterocycles. The van der Waals surface area contributed by atoms with Crippen LogP contribution in [0.25, 0.3) is 89.4 Å². The number of hydrogen-bond donors (Lipinski definition) is 0. The largest absolute Gasteiger partial charge is 0.454 e. The van der Waals surface area contributed by atoms with Gasteiger partial charge < -0.3 is 4.42 Å². The molecule has 0 aliphatic heterocycles. The molecule has 6 heteroatoms. The molecule has 0 amide bonds. The lowest BCUT2D eigenvalue weighted by atomic mass is 10.0. The first-order chi connectivity index (χ1) is 23.3. The molecule has 0 radical (unpaired) electrons. The minimum atomic E-state index is 0.626. The second-order valence-corrected chi connectivity index (χ2v) is 11.4. The molecule has 5 aromatic carbocycles. The Balaban J connectivity index is 1.07. The molecule has 0 bridgehead atoms. The fourth-order valence-electron chi connectivity index (χ4n) is 6.06. The van der Waals surface area contributed by atoms with Crippen molar-refractivity contribution in [1.29, 1.82) is 0 Å². The van der Waals surface area contributed by atoms with Crippen molar-refractivity contribution in [2.45, 2.75) is 0 Å². The van der Waals surface area contributed by atoms with Crippen molar-refractivity contribution < 1.29 is 4.42 Å². The molecule has 4 aromatic heterocycles. The number of benzene rings is 5. The Labute approximate surface area is 270 Å². The van der Waals surface area contributed by atoms with Gasteiger partial charge in [0.2, 0.25) is 0 Å². The molecule has 47 heavy (non-hydrogen) atoms. The van der Waals surface area contributed by atoms with E-state index in [2.05, 4.69) is 65.6 Å². The molecule has 0 N–H and O–H groups in total. The summed E-state index contributed by atoms with van der Waals surface area (Å²) in [5.41, 5.74) is 8.16. The lowest BCUT2D eigenvalue weighted by Crippen LogP contribution is -2.00. The van der Waals surface area contributed by atoms with Crippen molar-refractivity contribution in [2.24, 2.45) is 0 Å². The van der Waals surface area contributed by atoms with Crippen molar-refractivity contribution >= 4 is 32.7 Å². The molecule has 0 spiro atoms. The third-order valence-electron chi connectivity index (χ3n) is 8.45. The second-order valence-electron chi connectivity index (χ2n) is 11.4. The fraction of sp³-hybridized carbons (Fsp3) is 0. The average Bonchev–Trinajstić information content (AvgIpc) is 3.52. The third-order valence-corrected chi connectivity index (χ3v) is 8.45. The van der Waals surface area contributed by atoms with Crippen molar-refractivity contribution in [1.82, 2.24) is 24.9 Å². The van der Waals surface area contributed by atoms with Crippen molar-refractivity contribution in [2.75, 3.05) is 0 Å². The van der Waals surface area contributed by atoms with E-state index >= 15 is 0 Å². The Kier molecular flexibility index (Phi) is 6.35. The lowest BCUT2D eigenvalue weighted by Gasteiger charge is -2.09. The summed E-state index contributed by atoms with van der Waals surface area (Å²) in [6, 6.07) is 47.0. The Morgan fingerprint density at radius 1 is 0.404 bits per heavy atom. The van der Waals surface area contributed by atoms with Crippen molar-refractivity contribution in [3.63, 3.8) is 0 Å². The Hall–Kier alpha value is -6.53. The summed E-state index contributed by atoms with van der Waals surface area (Å²) in [7, 11) is 0. The summed E-state index contributed by atoms with van der Waals surface area (Å²) >= 11 is 0. The molecular formula is C41H25N5O. The number of fused-ring (bicyclic) bond motifs is 4. The summed E-state index contributed by atoms with van der Waals surface area (Å²) in [6.07, 6.45) is 3.63. The van der Waals surface area contributed by atoms with Crippen LogP contribution in [-0.4, -0.2) is 24.9 Å². The molecule has 0 aliphatic carbocycles. The first-order valence-electron chi connectivity index (χ1n) is 15.4. The zero-order chi connectivity index (χ0) is 31.2. The van der Waals surface area contributed by atoms with E-state index in [0.29, 0.717) is 17.5 Å². The van der Waals surface area contributed by atoms with Gasteiger partial charge in [-0.15, -0.1) is 0 Å². The molecule has 0 aliphatic rings. The van der Waals surface area contributed by atoms with E-state index in [1.54, 1.807) is 6.20 Å². The van der Waals surface area contributed by atoms with Crippen LogP contribution in [0, 0.1) is 0 Å². The van der Waals surface area contributed by atoms with E-state index in [1.807, 2.05) is 85.1 Å². The van der Waals surface area contributed by atoms with Crippen LogP contribution in [0.1, 0.15) is 0 Å². The molecule has 6 nitrogen and oxygen atoms in total. The summed E-state index contributed by atoms with van der Waals surface area (Å²) in [4.78, 5) is 23.9. The SMILES string of the molecule is c1ccc(-c2nc(-c3ccccc3)nc(-c3ccc(-c4ccc5c(c4)oc4cnc(-c6nccc7ccccc67)cc45)cc3)n2)cc1. The van der Waals surface area contributed by atoms with Crippen molar-refractivity contribution in [3.8, 4) is 56.7 Å². The van der Waals surface area contributed by atoms with E-state index < -0.39 is 0 Å². The van der Waals surface area contributed by atoms with E-state index in [0.717, 1.165) is 71.9 Å². The Morgan fingerprint density at radius 3 is 1.70 bits per heavy atom. The minimum absolute atomic E-state index is 0.626.